The fourth-order valence-electron chi connectivity index (χ4n) is 2.42. The third-order valence-electron chi connectivity index (χ3n) is 3.77. The zero-order chi connectivity index (χ0) is 18.7. The van der Waals surface area contributed by atoms with E-state index in [1.54, 1.807) is 18.2 Å². The lowest BCUT2D eigenvalue weighted by molar-refractivity contribution is 0.624. The van der Waals surface area contributed by atoms with Crippen molar-refractivity contribution in [2.45, 2.75) is 19.9 Å². The number of nitrogens with zero attached hydrogens (tertiary/aromatic N) is 3. The molecule has 1 atom stereocenters. The molecular formula is C18H16F2N6. The van der Waals surface area contributed by atoms with E-state index in [0.717, 1.165) is 17.3 Å². The van der Waals surface area contributed by atoms with E-state index in [1.165, 1.54) is 12.1 Å². The third-order valence-corrected chi connectivity index (χ3v) is 3.77. The molecule has 0 unspecified atom stereocenters. The van der Waals surface area contributed by atoms with Crippen molar-refractivity contribution in [3.8, 4) is 6.07 Å². The van der Waals surface area contributed by atoms with Crippen molar-refractivity contribution in [2.75, 3.05) is 10.6 Å². The number of nitrogens with one attached hydrogen (secondary N) is 3. The van der Waals surface area contributed by atoms with E-state index in [2.05, 4.69) is 25.8 Å². The molecule has 0 radical (unpaired) electrons. The van der Waals surface area contributed by atoms with Gasteiger partial charge in [-0.25, -0.2) is 13.8 Å². The summed E-state index contributed by atoms with van der Waals surface area (Å²) in [5.74, 6) is -0.414. The number of nitriles is 1. The van der Waals surface area contributed by atoms with Gasteiger partial charge in [-0.05, 0) is 37.6 Å². The molecule has 0 saturated carbocycles. The third kappa shape index (κ3) is 3.78. The zero-order valence-corrected chi connectivity index (χ0v) is 14.1. The standard InChI is InChI=1S/C18H16F2N6/c1-10-7-16(26-25-10)23-18-15(20)8-13(9-21)17(24-18)22-11(2)12-3-5-14(19)6-4-12/h3-8,11H,1-2H3,(H3,22,23,24,25,26)/t11-/m1/s1. The predicted octanol–water partition coefficient (Wildman–Crippen LogP) is 4.18. The number of anilines is 3. The highest BCUT2D eigenvalue weighted by Gasteiger charge is 2.15. The van der Waals surface area contributed by atoms with Gasteiger partial charge in [-0.2, -0.15) is 10.4 Å². The smallest absolute Gasteiger partial charge is 0.170 e. The minimum atomic E-state index is -0.665. The number of benzene rings is 1. The van der Waals surface area contributed by atoms with Crippen LogP contribution < -0.4 is 10.6 Å². The maximum absolute atomic E-state index is 14.2. The zero-order valence-electron chi connectivity index (χ0n) is 14.1. The molecule has 0 bridgehead atoms. The lowest BCUT2D eigenvalue weighted by atomic mass is 10.1. The number of hydrogen-bond acceptors (Lipinski definition) is 5. The summed E-state index contributed by atoms with van der Waals surface area (Å²) < 4.78 is 27.3. The number of aryl methyl sites for hydroxylation is 1. The minimum Gasteiger partial charge on any atom is -0.362 e. The topological polar surface area (TPSA) is 89.4 Å². The minimum absolute atomic E-state index is 0.0516. The summed E-state index contributed by atoms with van der Waals surface area (Å²) in [6.45, 7) is 3.65. The Kier molecular flexibility index (Phi) is 4.80. The molecule has 3 N–H and O–H groups in total. The molecule has 0 saturated heterocycles. The Balaban J connectivity index is 1.88. The Bertz CT molecular complexity index is 959. The molecule has 132 valence electrons. The predicted molar refractivity (Wildman–Crippen MR) is 94.0 cm³/mol. The highest BCUT2D eigenvalue weighted by Crippen LogP contribution is 2.26. The van der Waals surface area contributed by atoms with Gasteiger partial charge in [0.1, 0.15) is 17.7 Å². The Morgan fingerprint density at radius 1 is 1.15 bits per heavy atom. The first-order chi connectivity index (χ1) is 12.5. The van der Waals surface area contributed by atoms with Gasteiger partial charge in [0.25, 0.3) is 0 Å². The molecule has 2 heterocycles. The molecule has 0 aliphatic heterocycles. The van der Waals surface area contributed by atoms with Crippen LogP contribution in [0.5, 0.6) is 0 Å². The summed E-state index contributed by atoms with van der Waals surface area (Å²) in [6.07, 6.45) is 0. The van der Waals surface area contributed by atoms with E-state index in [0.29, 0.717) is 5.82 Å². The summed E-state index contributed by atoms with van der Waals surface area (Å²) in [4.78, 5) is 4.18. The van der Waals surface area contributed by atoms with Crippen molar-refractivity contribution in [2.24, 2.45) is 0 Å². The lowest BCUT2D eigenvalue weighted by Crippen LogP contribution is -2.11. The summed E-state index contributed by atoms with van der Waals surface area (Å²) >= 11 is 0. The van der Waals surface area contributed by atoms with Crippen LogP contribution in [0.2, 0.25) is 0 Å². The normalized spacial score (nSPS) is 11.7. The van der Waals surface area contributed by atoms with Gasteiger partial charge in [-0.15, -0.1) is 0 Å². The van der Waals surface area contributed by atoms with Crippen molar-refractivity contribution in [1.82, 2.24) is 15.2 Å². The van der Waals surface area contributed by atoms with Crippen LogP contribution in [0, 0.1) is 29.9 Å². The second kappa shape index (κ2) is 7.19. The maximum Gasteiger partial charge on any atom is 0.170 e. The lowest BCUT2D eigenvalue weighted by Gasteiger charge is -2.17. The number of aromatic nitrogens is 3. The van der Waals surface area contributed by atoms with E-state index in [4.69, 9.17) is 0 Å². The Labute approximate surface area is 148 Å². The quantitative estimate of drug-likeness (QED) is 0.639. The van der Waals surface area contributed by atoms with Crippen LogP contribution >= 0.6 is 0 Å². The van der Waals surface area contributed by atoms with E-state index >= 15 is 0 Å². The van der Waals surface area contributed by atoms with Crippen LogP contribution in [0.1, 0.15) is 29.8 Å². The first-order valence-corrected chi connectivity index (χ1v) is 7.88. The highest BCUT2D eigenvalue weighted by atomic mass is 19.1. The van der Waals surface area contributed by atoms with E-state index in [1.807, 2.05) is 19.9 Å². The Hall–Kier alpha value is -3.47. The summed E-state index contributed by atoms with van der Waals surface area (Å²) in [5, 5.41) is 21.8. The van der Waals surface area contributed by atoms with Gasteiger partial charge in [0.05, 0.1) is 5.56 Å². The SMILES string of the molecule is Cc1cc(Nc2nc(N[C@H](C)c3ccc(F)cc3)c(C#N)cc2F)n[nH]1. The first kappa shape index (κ1) is 17.4. The molecule has 3 rings (SSSR count). The van der Waals surface area contributed by atoms with Crippen LogP contribution in [-0.2, 0) is 0 Å². The van der Waals surface area contributed by atoms with E-state index in [9.17, 15) is 14.0 Å². The van der Waals surface area contributed by atoms with Gasteiger partial charge >= 0.3 is 0 Å². The largest absolute Gasteiger partial charge is 0.362 e. The van der Waals surface area contributed by atoms with Gasteiger partial charge in [-0.1, -0.05) is 12.1 Å². The van der Waals surface area contributed by atoms with Gasteiger partial charge in [-0.3, -0.25) is 5.10 Å². The van der Waals surface area contributed by atoms with E-state index in [-0.39, 0.29) is 29.1 Å². The van der Waals surface area contributed by atoms with Crippen LogP contribution in [0.15, 0.2) is 36.4 Å². The molecule has 6 nitrogen and oxygen atoms in total. The van der Waals surface area contributed by atoms with Crippen LogP contribution in [0.3, 0.4) is 0 Å². The van der Waals surface area contributed by atoms with Gasteiger partial charge in [0, 0.05) is 17.8 Å². The first-order valence-electron chi connectivity index (χ1n) is 7.88. The number of H-pyrrole nitrogens is 1. The molecule has 2 aromatic heterocycles. The fraction of sp³-hybridized carbons (Fsp3) is 0.167. The fourth-order valence-corrected chi connectivity index (χ4v) is 2.42. The molecule has 3 aromatic rings. The molecule has 0 aliphatic rings. The Morgan fingerprint density at radius 2 is 1.88 bits per heavy atom. The van der Waals surface area contributed by atoms with Crippen LogP contribution in [-0.4, -0.2) is 15.2 Å². The number of aromatic amines is 1. The van der Waals surface area contributed by atoms with Crippen molar-refractivity contribution in [3.63, 3.8) is 0 Å². The summed E-state index contributed by atoms with van der Waals surface area (Å²) in [6, 6.07) is 10.4. The summed E-state index contributed by atoms with van der Waals surface area (Å²) in [5.41, 5.74) is 1.68. The number of halogens is 2. The summed E-state index contributed by atoms with van der Waals surface area (Å²) in [7, 11) is 0. The molecular weight excluding hydrogens is 338 g/mol. The number of hydrogen-bond donors (Lipinski definition) is 3. The van der Waals surface area contributed by atoms with Crippen molar-refractivity contribution in [1.29, 1.82) is 5.26 Å². The molecule has 0 aliphatic carbocycles. The average Bonchev–Trinajstić information content (AvgIpc) is 3.03. The van der Waals surface area contributed by atoms with E-state index < -0.39 is 5.82 Å². The molecule has 8 heteroatoms. The second-order valence-electron chi connectivity index (χ2n) is 5.81. The average molecular weight is 354 g/mol. The van der Waals surface area contributed by atoms with Crippen molar-refractivity contribution < 1.29 is 8.78 Å². The maximum atomic E-state index is 14.2. The molecule has 0 spiro atoms. The number of pyridine rings is 1. The molecule has 26 heavy (non-hydrogen) atoms. The molecule has 0 fully saturated rings. The Morgan fingerprint density at radius 3 is 2.50 bits per heavy atom. The molecule has 0 amide bonds. The van der Waals surface area contributed by atoms with Crippen LogP contribution in [0.4, 0.5) is 26.2 Å². The monoisotopic (exact) mass is 354 g/mol. The van der Waals surface area contributed by atoms with Crippen molar-refractivity contribution in [3.05, 3.63) is 64.9 Å². The van der Waals surface area contributed by atoms with Gasteiger partial charge in [0.2, 0.25) is 0 Å². The van der Waals surface area contributed by atoms with Crippen molar-refractivity contribution >= 4 is 17.5 Å². The van der Waals surface area contributed by atoms with Gasteiger partial charge in [0.15, 0.2) is 17.5 Å². The second-order valence-corrected chi connectivity index (χ2v) is 5.81. The van der Waals surface area contributed by atoms with Crippen LogP contribution in [0.25, 0.3) is 0 Å². The highest BCUT2D eigenvalue weighted by molar-refractivity contribution is 5.61. The van der Waals surface area contributed by atoms with Gasteiger partial charge < -0.3 is 10.6 Å². The number of rotatable bonds is 5. The molecule has 1 aromatic carbocycles.